The van der Waals surface area contributed by atoms with Gasteiger partial charge in [0.2, 0.25) is 0 Å². The van der Waals surface area contributed by atoms with E-state index in [9.17, 15) is 0 Å². The van der Waals surface area contributed by atoms with Crippen LogP contribution in [0.1, 0.15) is 0 Å². The molecule has 0 unspecified atom stereocenters. The summed E-state index contributed by atoms with van der Waals surface area (Å²) >= 11 is 3.59. The van der Waals surface area contributed by atoms with Crippen molar-refractivity contribution in [3.63, 3.8) is 0 Å². The molecule has 208 valence electrons. The number of rotatable bonds is 5. The maximum atomic E-state index is 3.59. The van der Waals surface area contributed by atoms with Crippen molar-refractivity contribution in [3.8, 4) is 50.2 Å². The second-order valence-electron chi connectivity index (χ2n) is 11.1. The second kappa shape index (κ2) is 11.1. The number of benzene rings is 7. The molecule has 0 aliphatic carbocycles. The topological polar surface area (TPSA) is 4.93 Å². The molecule has 0 aliphatic heterocycles. The van der Waals surface area contributed by atoms with Crippen LogP contribution in [0.3, 0.4) is 0 Å². The Hall–Kier alpha value is -5.18. The quantitative estimate of drug-likeness (QED) is 0.179. The van der Waals surface area contributed by atoms with Gasteiger partial charge in [0.1, 0.15) is 0 Å². The summed E-state index contributed by atoms with van der Waals surface area (Å²) in [6.07, 6.45) is 0. The zero-order chi connectivity index (χ0) is 29.5. The summed E-state index contributed by atoms with van der Waals surface area (Å²) in [6, 6.07) is 61.2. The number of fused-ring (bicyclic) bond motifs is 3. The molecule has 0 bridgehead atoms. The number of hydrogen-bond donors (Lipinski definition) is 0. The van der Waals surface area contributed by atoms with Crippen LogP contribution in [-0.2, 0) is 0 Å². The maximum Gasteiger partial charge on any atom is 0.0547 e. The Morgan fingerprint density at radius 1 is 0.341 bits per heavy atom. The predicted molar refractivity (Wildman–Crippen MR) is 190 cm³/mol. The van der Waals surface area contributed by atoms with E-state index in [0.29, 0.717) is 0 Å². The molecule has 44 heavy (non-hydrogen) atoms. The fourth-order valence-electron chi connectivity index (χ4n) is 6.37. The van der Waals surface area contributed by atoms with E-state index in [1.165, 1.54) is 66.3 Å². The van der Waals surface area contributed by atoms with Gasteiger partial charge in [-0.3, -0.25) is 0 Å². The van der Waals surface area contributed by atoms with E-state index in [4.69, 9.17) is 0 Å². The molecule has 0 aliphatic rings. The van der Waals surface area contributed by atoms with Gasteiger partial charge >= 0.3 is 0 Å². The molecule has 1 heterocycles. The average Bonchev–Trinajstić information content (AvgIpc) is 3.43. The SMILES string of the molecule is Brc1ccc(-c2ccccc2-c2ccc3c4ccccc4n(-c4cccc(-c5cccc(-c6ccccc6)c5)c4)c3c2)cc1. The Kier molecular flexibility index (Phi) is 6.70. The molecular weight excluding hydrogens is 598 g/mol. The lowest BCUT2D eigenvalue weighted by molar-refractivity contribution is 1.18. The molecule has 7 aromatic carbocycles. The summed E-state index contributed by atoms with van der Waals surface area (Å²) in [5.41, 5.74) is 13.3. The smallest absolute Gasteiger partial charge is 0.0547 e. The summed E-state index contributed by atoms with van der Waals surface area (Å²) < 4.78 is 3.50. The summed E-state index contributed by atoms with van der Waals surface area (Å²) in [7, 11) is 0. The number of halogens is 1. The molecule has 0 fully saturated rings. The minimum atomic E-state index is 1.08. The van der Waals surface area contributed by atoms with Crippen LogP contribution in [0.15, 0.2) is 174 Å². The van der Waals surface area contributed by atoms with Crippen LogP contribution in [0.5, 0.6) is 0 Å². The van der Waals surface area contributed by atoms with E-state index >= 15 is 0 Å². The molecule has 0 spiro atoms. The highest BCUT2D eigenvalue weighted by molar-refractivity contribution is 9.10. The van der Waals surface area contributed by atoms with Crippen molar-refractivity contribution in [1.82, 2.24) is 4.57 Å². The van der Waals surface area contributed by atoms with Crippen LogP contribution in [0.2, 0.25) is 0 Å². The molecular formula is C42H28BrN. The van der Waals surface area contributed by atoms with E-state index in [0.717, 1.165) is 10.2 Å². The molecule has 0 amide bonds. The van der Waals surface area contributed by atoms with Gasteiger partial charge in [0, 0.05) is 20.9 Å². The van der Waals surface area contributed by atoms with Gasteiger partial charge in [-0.15, -0.1) is 0 Å². The lowest BCUT2D eigenvalue weighted by Gasteiger charge is -2.13. The predicted octanol–water partition coefficient (Wildman–Crippen LogP) is 12.2. The zero-order valence-electron chi connectivity index (χ0n) is 24.0. The van der Waals surface area contributed by atoms with Gasteiger partial charge in [-0.1, -0.05) is 143 Å². The first-order chi connectivity index (χ1) is 21.7. The zero-order valence-corrected chi connectivity index (χ0v) is 25.6. The van der Waals surface area contributed by atoms with Crippen molar-refractivity contribution in [1.29, 1.82) is 0 Å². The fourth-order valence-corrected chi connectivity index (χ4v) is 6.63. The summed E-state index contributed by atoms with van der Waals surface area (Å²) in [6.45, 7) is 0. The molecule has 8 rings (SSSR count). The van der Waals surface area contributed by atoms with E-state index in [1.54, 1.807) is 0 Å². The van der Waals surface area contributed by atoms with E-state index in [1.807, 2.05) is 0 Å². The van der Waals surface area contributed by atoms with Crippen LogP contribution < -0.4 is 0 Å². The Morgan fingerprint density at radius 3 is 1.70 bits per heavy atom. The highest BCUT2D eigenvalue weighted by atomic mass is 79.9. The van der Waals surface area contributed by atoms with Gasteiger partial charge in [-0.05, 0) is 87.0 Å². The van der Waals surface area contributed by atoms with Crippen molar-refractivity contribution < 1.29 is 0 Å². The lowest BCUT2D eigenvalue weighted by atomic mass is 9.94. The average molecular weight is 627 g/mol. The highest BCUT2D eigenvalue weighted by Crippen LogP contribution is 2.38. The van der Waals surface area contributed by atoms with Gasteiger partial charge in [0.15, 0.2) is 0 Å². The molecule has 0 atom stereocenters. The molecule has 8 aromatic rings. The van der Waals surface area contributed by atoms with Gasteiger partial charge in [-0.25, -0.2) is 0 Å². The Balaban J connectivity index is 1.29. The van der Waals surface area contributed by atoms with Crippen molar-refractivity contribution in [3.05, 3.63) is 174 Å². The Bertz CT molecular complexity index is 2280. The van der Waals surface area contributed by atoms with Crippen LogP contribution in [0.25, 0.3) is 72.0 Å². The lowest BCUT2D eigenvalue weighted by Crippen LogP contribution is -1.95. The van der Waals surface area contributed by atoms with Gasteiger partial charge in [0.25, 0.3) is 0 Å². The van der Waals surface area contributed by atoms with Crippen LogP contribution in [0, 0.1) is 0 Å². The van der Waals surface area contributed by atoms with Gasteiger partial charge in [0.05, 0.1) is 11.0 Å². The molecule has 0 N–H and O–H groups in total. The van der Waals surface area contributed by atoms with Crippen molar-refractivity contribution in [2.24, 2.45) is 0 Å². The molecule has 0 saturated heterocycles. The largest absolute Gasteiger partial charge is 0.309 e. The number of hydrogen-bond acceptors (Lipinski definition) is 0. The normalized spacial score (nSPS) is 11.3. The first kappa shape index (κ1) is 26.4. The Labute approximate surface area is 265 Å². The molecule has 2 heteroatoms. The minimum absolute atomic E-state index is 1.08. The Morgan fingerprint density at radius 2 is 0.909 bits per heavy atom. The van der Waals surface area contributed by atoms with Crippen molar-refractivity contribution >= 4 is 37.7 Å². The van der Waals surface area contributed by atoms with Crippen LogP contribution in [0.4, 0.5) is 0 Å². The van der Waals surface area contributed by atoms with Gasteiger partial charge in [-0.2, -0.15) is 0 Å². The number of nitrogens with zero attached hydrogens (tertiary/aromatic N) is 1. The number of aromatic nitrogens is 1. The standard InChI is InChI=1S/C42H28BrN/c43-35-23-20-30(21-24-35)37-16-4-5-17-38(37)34-22-25-40-39-18-6-7-19-41(39)44(42(40)28-34)36-15-9-14-33(27-36)32-13-8-12-31(26-32)29-10-2-1-3-11-29/h1-28H. The molecule has 0 saturated carbocycles. The van der Waals surface area contributed by atoms with Gasteiger partial charge < -0.3 is 4.57 Å². The summed E-state index contributed by atoms with van der Waals surface area (Å²) in [4.78, 5) is 0. The van der Waals surface area contributed by atoms with Crippen LogP contribution >= 0.6 is 15.9 Å². The maximum absolute atomic E-state index is 3.59. The summed E-state index contributed by atoms with van der Waals surface area (Å²) in [5, 5.41) is 2.51. The van der Waals surface area contributed by atoms with E-state index in [-0.39, 0.29) is 0 Å². The second-order valence-corrected chi connectivity index (χ2v) is 12.0. The third-order valence-corrected chi connectivity index (χ3v) is 9.00. The molecule has 0 radical (unpaired) electrons. The fraction of sp³-hybridized carbons (Fsp3) is 0. The van der Waals surface area contributed by atoms with Crippen molar-refractivity contribution in [2.45, 2.75) is 0 Å². The van der Waals surface area contributed by atoms with Crippen LogP contribution in [-0.4, -0.2) is 4.57 Å². The first-order valence-corrected chi connectivity index (χ1v) is 15.7. The van der Waals surface area contributed by atoms with Crippen molar-refractivity contribution in [2.75, 3.05) is 0 Å². The first-order valence-electron chi connectivity index (χ1n) is 14.9. The van der Waals surface area contributed by atoms with E-state index in [2.05, 4.69) is 190 Å². The number of para-hydroxylation sites is 1. The third kappa shape index (κ3) is 4.74. The summed E-state index contributed by atoms with van der Waals surface area (Å²) in [5.74, 6) is 0. The minimum Gasteiger partial charge on any atom is -0.309 e. The molecule has 1 aromatic heterocycles. The highest BCUT2D eigenvalue weighted by Gasteiger charge is 2.15. The third-order valence-electron chi connectivity index (χ3n) is 8.47. The molecule has 1 nitrogen and oxygen atoms in total. The monoisotopic (exact) mass is 625 g/mol. The van der Waals surface area contributed by atoms with E-state index < -0.39 is 0 Å².